The van der Waals surface area contributed by atoms with Crippen molar-refractivity contribution in [2.24, 2.45) is 5.92 Å². The zero-order chi connectivity index (χ0) is 7.40. The van der Waals surface area contributed by atoms with Crippen LogP contribution in [0.2, 0.25) is 0 Å². The zero-order valence-electron chi connectivity index (χ0n) is 6.93. The Bertz CT molecular complexity index is 116. The lowest BCUT2D eigenvalue weighted by Crippen LogP contribution is -2.28. The van der Waals surface area contributed by atoms with Crippen LogP contribution in [0.25, 0.3) is 0 Å². The molecular weight excluding hydrogens is 122 g/mol. The fraction of sp³-hybridized carbons (Fsp3) is 0.778. The summed E-state index contributed by atoms with van der Waals surface area (Å²) in [4.78, 5) is 0. The molecule has 0 aromatic rings. The maximum atomic E-state index is 3.49. The summed E-state index contributed by atoms with van der Waals surface area (Å²) in [7, 11) is 0. The molecule has 0 aromatic heterocycles. The highest BCUT2D eigenvalue weighted by atomic mass is 14.9. The van der Waals surface area contributed by atoms with Gasteiger partial charge in [0.2, 0.25) is 0 Å². The quantitative estimate of drug-likeness (QED) is 0.589. The zero-order valence-corrected chi connectivity index (χ0v) is 6.93. The summed E-state index contributed by atoms with van der Waals surface area (Å²) >= 11 is 0. The van der Waals surface area contributed by atoms with Crippen LogP contribution >= 0.6 is 0 Å². The van der Waals surface area contributed by atoms with Crippen LogP contribution in [-0.2, 0) is 0 Å². The van der Waals surface area contributed by atoms with Crippen LogP contribution in [0.5, 0.6) is 0 Å². The first-order chi connectivity index (χ1) is 4.79. The van der Waals surface area contributed by atoms with Crippen LogP contribution in [0, 0.1) is 5.92 Å². The number of allylic oxidation sites excluding steroid dienone is 1. The molecule has 10 heavy (non-hydrogen) atoms. The monoisotopic (exact) mass is 139 g/mol. The SMILES string of the molecule is CC(C)CNC1C=CCC1. The maximum absolute atomic E-state index is 3.49. The van der Waals surface area contributed by atoms with Crippen LogP contribution in [0.1, 0.15) is 26.7 Å². The maximum Gasteiger partial charge on any atom is 0.0253 e. The predicted molar refractivity (Wildman–Crippen MR) is 45.0 cm³/mol. The molecular formula is C9H17N. The highest BCUT2D eigenvalue weighted by molar-refractivity contribution is 5.00. The minimum atomic E-state index is 0.669. The molecule has 1 heteroatoms. The minimum Gasteiger partial charge on any atom is -0.310 e. The second-order valence-corrected chi connectivity index (χ2v) is 3.41. The molecule has 1 unspecified atom stereocenters. The molecule has 0 fully saturated rings. The lowest BCUT2D eigenvalue weighted by atomic mass is 10.2. The van der Waals surface area contributed by atoms with Gasteiger partial charge in [0.1, 0.15) is 0 Å². The van der Waals surface area contributed by atoms with Crippen molar-refractivity contribution in [2.45, 2.75) is 32.7 Å². The smallest absolute Gasteiger partial charge is 0.0253 e. The van der Waals surface area contributed by atoms with Crippen LogP contribution in [0.3, 0.4) is 0 Å². The van der Waals surface area contributed by atoms with E-state index in [0.717, 1.165) is 12.5 Å². The van der Waals surface area contributed by atoms with Crippen molar-refractivity contribution in [3.63, 3.8) is 0 Å². The third-order valence-electron chi connectivity index (χ3n) is 1.80. The van der Waals surface area contributed by atoms with Gasteiger partial charge in [-0.3, -0.25) is 0 Å². The Morgan fingerprint density at radius 2 is 2.40 bits per heavy atom. The third kappa shape index (κ3) is 2.53. The van der Waals surface area contributed by atoms with Gasteiger partial charge in [0.25, 0.3) is 0 Å². The van der Waals surface area contributed by atoms with E-state index in [0.29, 0.717) is 6.04 Å². The van der Waals surface area contributed by atoms with Crippen LogP contribution in [0.4, 0.5) is 0 Å². The van der Waals surface area contributed by atoms with Gasteiger partial charge in [0, 0.05) is 6.04 Å². The number of hydrogen-bond acceptors (Lipinski definition) is 1. The van der Waals surface area contributed by atoms with Crippen molar-refractivity contribution in [1.82, 2.24) is 5.32 Å². The summed E-state index contributed by atoms with van der Waals surface area (Å²) in [6.07, 6.45) is 7.10. The van der Waals surface area contributed by atoms with E-state index in [2.05, 4.69) is 31.3 Å². The molecule has 1 aliphatic carbocycles. The van der Waals surface area contributed by atoms with Gasteiger partial charge in [0.05, 0.1) is 0 Å². The molecule has 0 bridgehead atoms. The highest BCUT2D eigenvalue weighted by Gasteiger charge is 2.07. The molecule has 1 atom stereocenters. The Hall–Kier alpha value is -0.300. The largest absolute Gasteiger partial charge is 0.310 e. The summed E-state index contributed by atoms with van der Waals surface area (Å²) in [5, 5.41) is 3.49. The molecule has 0 saturated carbocycles. The van der Waals surface area contributed by atoms with E-state index in [1.807, 2.05) is 0 Å². The lowest BCUT2D eigenvalue weighted by molar-refractivity contribution is 0.505. The molecule has 0 spiro atoms. The molecule has 0 heterocycles. The molecule has 1 aliphatic rings. The Balaban J connectivity index is 2.08. The minimum absolute atomic E-state index is 0.669. The van der Waals surface area contributed by atoms with E-state index >= 15 is 0 Å². The van der Waals surface area contributed by atoms with E-state index in [9.17, 15) is 0 Å². The van der Waals surface area contributed by atoms with Crippen molar-refractivity contribution in [2.75, 3.05) is 6.54 Å². The number of nitrogens with one attached hydrogen (secondary N) is 1. The Morgan fingerprint density at radius 1 is 1.60 bits per heavy atom. The molecule has 0 aliphatic heterocycles. The lowest BCUT2D eigenvalue weighted by Gasteiger charge is -2.11. The average Bonchev–Trinajstić information content (AvgIpc) is 2.34. The van der Waals surface area contributed by atoms with Crippen molar-refractivity contribution < 1.29 is 0 Å². The van der Waals surface area contributed by atoms with Crippen molar-refractivity contribution in [3.05, 3.63) is 12.2 Å². The standard InChI is InChI=1S/C9H17N/c1-8(2)7-10-9-5-3-4-6-9/h3,5,8-10H,4,6-7H2,1-2H3. The van der Waals surface area contributed by atoms with Gasteiger partial charge in [-0.05, 0) is 25.3 Å². The molecule has 58 valence electrons. The van der Waals surface area contributed by atoms with E-state index < -0.39 is 0 Å². The van der Waals surface area contributed by atoms with Gasteiger partial charge in [-0.2, -0.15) is 0 Å². The first-order valence-corrected chi connectivity index (χ1v) is 4.19. The normalized spacial score (nSPS) is 24.5. The number of hydrogen-bond donors (Lipinski definition) is 1. The van der Waals surface area contributed by atoms with Crippen LogP contribution < -0.4 is 5.32 Å². The predicted octanol–water partition coefficient (Wildman–Crippen LogP) is 1.95. The average molecular weight is 139 g/mol. The highest BCUT2D eigenvalue weighted by Crippen LogP contribution is 2.08. The summed E-state index contributed by atoms with van der Waals surface area (Å²) < 4.78 is 0. The molecule has 0 radical (unpaired) electrons. The van der Waals surface area contributed by atoms with Crippen molar-refractivity contribution >= 4 is 0 Å². The topological polar surface area (TPSA) is 12.0 Å². The van der Waals surface area contributed by atoms with Crippen molar-refractivity contribution in [1.29, 1.82) is 0 Å². The molecule has 1 N–H and O–H groups in total. The van der Waals surface area contributed by atoms with Gasteiger partial charge in [-0.1, -0.05) is 26.0 Å². The number of rotatable bonds is 3. The summed E-state index contributed by atoms with van der Waals surface area (Å²) in [6, 6.07) is 0.669. The first kappa shape index (κ1) is 7.80. The second kappa shape index (κ2) is 3.77. The van der Waals surface area contributed by atoms with Gasteiger partial charge >= 0.3 is 0 Å². The second-order valence-electron chi connectivity index (χ2n) is 3.41. The first-order valence-electron chi connectivity index (χ1n) is 4.19. The molecule has 0 saturated heterocycles. The summed E-state index contributed by atoms with van der Waals surface area (Å²) in [5.74, 6) is 0.772. The Morgan fingerprint density at radius 3 is 2.90 bits per heavy atom. The Labute approximate surface area is 63.5 Å². The van der Waals surface area contributed by atoms with Crippen LogP contribution in [0.15, 0.2) is 12.2 Å². The van der Waals surface area contributed by atoms with E-state index in [1.165, 1.54) is 12.8 Å². The molecule has 1 rings (SSSR count). The molecule has 1 nitrogen and oxygen atoms in total. The van der Waals surface area contributed by atoms with E-state index in [-0.39, 0.29) is 0 Å². The van der Waals surface area contributed by atoms with Gasteiger partial charge < -0.3 is 5.32 Å². The van der Waals surface area contributed by atoms with E-state index in [1.54, 1.807) is 0 Å². The summed E-state index contributed by atoms with van der Waals surface area (Å²) in [5.41, 5.74) is 0. The third-order valence-corrected chi connectivity index (χ3v) is 1.80. The van der Waals surface area contributed by atoms with Gasteiger partial charge in [-0.25, -0.2) is 0 Å². The summed E-state index contributed by atoms with van der Waals surface area (Å²) in [6.45, 7) is 5.63. The van der Waals surface area contributed by atoms with Gasteiger partial charge in [0.15, 0.2) is 0 Å². The molecule has 0 aromatic carbocycles. The van der Waals surface area contributed by atoms with Gasteiger partial charge in [-0.15, -0.1) is 0 Å². The molecule has 0 amide bonds. The van der Waals surface area contributed by atoms with E-state index in [4.69, 9.17) is 0 Å². The fourth-order valence-corrected chi connectivity index (χ4v) is 1.19. The fourth-order valence-electron chi connectivity index (χ4n) is 1.19. The Kier molecular flexibility index (Phi) is 2.94. The van der Waals surface area contributed by atoms with Crippen molar-refractivity contribution in [3.8, 4) is 0 Å². The van der Waals surface area contributed by atoms with Crippen LogP contribution in [-0.4, -0.2) is 12.6 Å².